The first-order chi connectivity index (χ1) is 11.5. The molecule has 1 N–H and O–H groups in total. The standard InChI is InChI=1S/C16H15F2N5O/c1-9(2)14-6-13(22-16-20-8-21-23(14)16)15(24)19-7-10-11(17)4-3-5-12(10)18/h3-6,8-9H,7H2,1-2H3,(H,19,24). The van der Waals surface area contributed by atoms with Crippen molar-refractivity contribution in [2.24, 2.45) is 0 Å². The largest absolute Gasteiger partial charge is 0.346 e. The van der Waals surface area contributed by atoms with Crippen LogP contribution in [0.1, 0.15) is 41.5 Å². The molecule has 0 saturated heterocycles. The van der Waals surface area contributed by atoms with Crippen LogP contribution in [0.4, 0.5) is 8.78 Å². The molecule has 0 radical (unpaired) electrons. The van der Waals surface area contributed by atoms with Crippen LogP contribution in [0, 0.1) is 11.6 Å². The molecule has 24 heavy (non-hydrogen) atoms. The minimum Gasteiger partial charge on any atom is -0.346 e. The van der Waals surface area contributed by atoms with Gasteiger partial charge >= 0.3 is 0 Å². The Morgan fingerprint density at radius 3 is 2.67 bits per heavy atom. The number of nitrogens with one attached hydrogen (secondary N) is 1. The predicted molar refractivity (Wildman–Crippen MR) is 82.4 cm³/mol. The summed E-state index contributed by atoms with van der Waals surface area (Å²) >= 11 is 0. The summed E-state index contributed by atoms with van der Waals surface area (Å²) in [4.78, 5) is 20.4. The van der Waals surface area contributed by atoms with Crippen molar-refractivity contribution in [1.82, 2.24) is 24.9 Å². The van der Waals surface area contributed by atoms with E-state index in [0.717, 1.165) is 17.8 Å². The molecule has 1 amide bonds. The number of rotatable bonds is 4. The van der Waals surface area contributed by atoms with Crippen LogP contribution in [0.25, 0.3) is 5.78 Å². The second-order valence-electron chi connectivity index (χ2n) is 5.58. The van der Waals surface area contributed by atoms with Crippen molar-refractivity contribution >= 4 is 11.7 Å². The normalized spacial score (nSPS) is 11.2. The zero-order valence-electron chi connectivity index (χ0n) is 13.1. The van der Waals surface area contributed by atoms with Crippen LogP contribution in [0.15, 0.2) is 30.6 Å². The average molecular weight is 331 g/mol. The van der Waals surface area contributed by atoms with E-state index in [9.17, 15) is 13.6 Å². The molecule has 2 heterocycles. The molecule has 1 aromatic carbocycles. The Hall–Kier alpha value is -2.90. The Labute approximate surface area is 136 Å². The fraction of sp³-hybridized carbons (Fsp3) is 0.250. The molecule has 0 fully saturated rings. The number of halogens is 2. The molecule has 124 valence electrons. The summed E-state index contributed by atoms with van der Waals surface area (Å²) in [5.74, 6) is -1.57. The molecule has 0 aliphatic carbocycles. The number of benzene rings is 1. The Balaban J connectivity index is 1.86. The highest BCUT2D eigenvalue weighted by molar-refractivity contribution is 5.92. The number of hydrogen-bond donors (Lipinski definition) is 1. The molecule has 0 aliphatic rings. The maximum atomic E-state index is 13.6. The lowest BCUT2D eigenvalue weighted by Gasteiger charge is -2.10. The number of aromatic nitrogens is 4. The van der Waals surface area contributed by atoms with E-state index in [1.165, 1.54) is 12.4 Å². The van der Waals surface area contributed by atoms with Gasteiger partial charge in [0.05, 0.1) is 5.69 Å². The minimum absolute atomic E-state index is 0.0905. The van der Waals surface area contributed by atoms with Crippen LogP contribution in [0.5, 0.6) is 0 Å². The molecule has 0 bridgehead atoms. The summed E-state index contributed by atoms with van der Waals surface area (Å²) in [6, 6.07) is 5.15. The molecule has 2 aromatic heterocycles. The minimum atomic E-state index is -0.709. The average Bonchev–Trinajstić information content (AvgIpc) is 3.01. The second kappa shape index (κ2) is 6.31. The monoisotopic (exact) mass is 331 g/mol. The van der Waals surface area contributed by atoms with Gasteiger partial charge in [-0.2, -0.15) is 10.1 Å². The number of amides is 1. The van der Waals surface area contributed by atoms with E-state index in [1.807, 2.05) is 13.8 Å². The Kier molecular flexibility index (Phi) is 4.20. The van der Waals surface area contributed by atoms with Crippen LogP contribution < -0.4 is 5.32 Å². The lowest BCUT2D eigenvalue weighted by atomic mass is 10.1. The fourth-order valence-corrected chi connectivity index (χ4v) is 2.32. The van der Waals surface area contributed by atoms with Gasteiger partial charge in [0.2, 0.25) is 0 Å². The molecule has 0 saturated carbocycles. The third-order valence-electron chi connectivity index (χ3n) is 3.59. The number of nitrogens with zero attached hydrogens (tertiary/aromatic N) is 4. The van der Waals surface area contributed by atoms with E-state index < -0.39 is 17.5 Å². The first-order valence-electron chi connectivity index (χ1n) is 7.39. The van der Waals surface area contributed by atoms with Gasteiger partial charge < -0.3 is 5.32 Å². The summed E-state index contributed by atoms with van der Waals surface area (Å²) in [7, 11) is 0. The summed E-state index contributed by atoms with van der Waals surface area (Å²) in [5, 5.41) is 6.55. The predicted octanol–water partition coefficient (Wildman–Crippen LogP) is 2.46. The highest BCUT2D eigenvalue weighted by Gasteiger charge is 2.16. The lowest BCUT2D eigenvalue weighted by molar-refractivity contribution is 0.0945. The zero-order chi connectivity index (χ0) is 17.3. The van der Waals surface area contributed by atoms with Gasteiger partial charge in [-0.05, 0) is 24.1 Å². The van der Waals surface area contributed by atoms with E-state index in [2.05, 4.69) is 20.4 Å². The third-order valence-corrected chi connectivity index (χ3v) is 3.59. The van der Waals surface area contributed by atoms with Crippen molar-refractivity contribution in [2.75, 3.05) is 0 Å². The van der Waals surface area contributed by atoms with E-state index >= 15 is 0 Å². The van der Waals surface area contributed by atoms with Crippen molar-refractivity contribution in [3.8, 4) is 0 Å². The van der Waals surface area contributed by atoms with Gasteiger partial charge in [0.1, 0.15) is 23.7 Å². The fourth-order valence-electron chi connectivity index (χ4n) is 2.32. The number of carbonyl (C=O) groups excluding carboxylic acids is 1. The lowest BCUT2D eigenvalue weighted by Crippen LogP contribution is -2.25. The van der Waals surface area contributed by atoms with Crippen LogP contribution in [0.3, 0.4) is 0 Å². The van der Waals surface area contributed by atoms with Crippen LogP contribution in [0.2, 0.25) is 0 Å². The van der Waals surface area contributed by atoms with Crippen LogP contribution >= 0.6 is 0 Å². The zero-order valence-corrected chi connectivity index (χ0v) is 13.1. The number of carbonyl (C=O) groups is 1. The van der Waals surface area contributed by atoms with Gasteiger partial charge in [0.25, 0.3) is 11.7 Å². The first kappa shape index (κ1) is 16.0. The van der Waals surface area contributed by atoms with Crippen molar-refractivity contribution in [3.05, 3.63) is 59.2 Å². The molecule has 3 rings (SSSR count). The molecule has 6 nitrogen and oxygen atoms in total. The highest BCUT2D eigenvalue weighted by atomic mass is 19.1. The van der Waals surface area contributed by atoms with Gasteiger partial charge in [-0.25, -0.2) is 18.3 Å². The molecule has 0 spiro atoms. The number of fused-ring (bicyclic) bond motifs is 1. The molecule has 0 unspecified atom stereocenters. The second-order valence-corrected chi connectivity index (χ2v) is 5.58. The highest BCUT2D eigenvalue weighted by Crippen LogP contribution is 2.16. The third kappa shape index (κ3) is 2.94. The Morgan fingerprint density at radius 2 is 2.00 bits per heavy atom. The smallest absolute Gasteiger partial charge is 0.270 e. The van der Waals surface area contributed by atoms with E-state index in [0.29, 0.717) is 5.78 Å². The van der Waals surface area contributed by atoms with Gasteiger partial charge in [-0.1, -0.05) is 19.9 Å². The van der Waals surface area contributed by atoms with Crippen LogP contribution in [-0.4, -0.2) is 25.5 Å². The topological polar surface area (TPSA) is 72.2 Å². The summed E-state index contributed by atoms with van der Waals surface area (Å²) < 4.78 is 28.8. The van der Waals surface area contributed by atoms with Gasteiger partial charge in [-0.15, -0.1) is 0 Å². The van der Waals surface area contributed by atoms with Gasteiger partial charge in [-0.3, -0.25) is 4.79 Å². The molecule has 8 heteroatoms. The molecular weight excluding hydrogens is 316 g/mol. The van der Waals surface area contributed by atoms with E-state index in [-0.39, 0.29) is 23.7 Å². The molecule has 0 atom stereocenters. The number of hydrogen-bond acceptors (Lipinski definition) is 4. The summed E-state index contributed by atoms with van der Waals surface area (Å²) in [6.07, 6.45) is 1.35. The Bertz CT molecular complexity index is 886. The van der Waals surface area contributed by atoms with Crippen LogP contribution in [-0.2, 0) is 6.54 Å². The summed E-state index contributed by atoms with van der Waals surface area (Å²) in [5.41, 5.74) is 0.689. The van der Waals surface area contributed by atoms with E-state index in [1.54, 1.807) is 10.6 Å². The maximum Gasteiger partial charge on any atom is 0.270 e. The Morgan fingerprint density at radius 1 is 1.29 bits per heavy atom. The van der Waals surface area contributed by atoms with Crippen molar-refractivity contribution in [1.29, 1.82) is 0 Å². The maximum absolute atomic E-state index is 13.6. The van der Waals surface area contributed by atoms with E-state index in [4.69, 9.17) is 0 Å². The van der Waals surface area contributed by atoms with Gasteiger partial charge in [0.15, 0.2) is 0 Å². The van der Waals surface area contributed by atoms with Gasteiger partial charge in [0, 0.05) is 12.1 Å². The molecule has 3 aromatic rings. The molecule has 0 aliphatic heterocycles. The first-order valence-corrected chi connectivity index (χ1v) is 7.39. The van der Waals surface area contributed by atoms with Crippen molar-refractivity contribution < 1.29 is 13.6 Å². The molecular formula is C16H15F2N5O. The SMILES string of the molecule is CC(C)c1cc(C(=O)NCc2c(F)cccc2F)nc2ncnn12. The van der Waals surface area contributed by atoms with Crippen molar-refractivity contribution in [2.45, 2.75) is 26.3 Å². The van der Waals surface area contributed by atoms with Crippen molar-refractivity contribution in [3.63, 3.8) is 0 Å². The summed E-state index contributed by atoms with van der Waals surface area (Å²) in [6.45, 7) is 3.63. The quantitative estimate of drug-likeness (QED) is 0.797.